The van der Waals surface area contributed by atoms with Crippen LogP contribution in [0.3, 0.4) is 0 Å². The number of hydrogen-bond acceptors (Lipinski definition) is 4. The van der Waals surface area contributed by atoms with Gasteiger partial charge in [-0.05, 0) is 12.8 Å². The number of rotatable bonds is 2. The number of nitrogens with two attached hydrogens (primary N) is 1. The van der Waals surface area contributed by atoms with Gasteiger partial charge in [0.1, 0.15) is 5.88 Å². The minimum atomic E-state index is 0.815. The van der Waals surface area contributed by atoms with Crippen LogP contribution in [0.4, 0.5) is 0 Å². The van der Waals surface area contributed by atoms with Gasteiger partial charge in [0.05, 0.1) is 5.04 Å². The first kappa shape index (κ1) is 6.89. The lowest BCUT2D eigenvalue weighted by atomic mass is 10.4. The van der Waals surface area contributed by atoms with E-state index in [-0.39, 0.29) is 0 Å². The third-order valence-electron chi connectivity index (χ3n) is 1.07. The highest BCUT2D eigenvalue weighted by Gasteiger charge is 2.09. The smallest absolute Gasteiger partial charge is 0.104 e. The van der Waals surface area contributed by atoms with E-state index in [1.807, 2.05) is 0 Å². The van der Waals surface area contributed by atoms with E-state index in [0.717, 1.165) is 18.7 Å². The van der Waals surface area contributed by atoms with Crippen LogP contribution in [-0.4, -0.2) is 16.0 Å². The maximum Gasteiger partial charge on any atom is 0.104 e. The molecule has 0 spiro atoms. The molecule has 0 fully saturated rings. The van der Waals surface area contributed by atoms with Gasteiger partial charge in [-0.25, -0.2) is 11.0 Å². The van der Waals surface area contributed by atoms with Crippen LogP contribution in [0.25, 0.3) is 0 Å². The van der Waals surface area contributed by atoms with Gasteiger partial charge in [-0.15, -0.1) is 0 Å². The number of hydrazine groups is 1. The van der Waals surface area contributed by atoms with Crippen molar-refractivity contribution >= 4 is 16.8 Å². The van der Waals surface area contributed by atoms with E-state index < -0.39 is 0 Å². The molecule has 0 radical (unpaired) electrons. The highest BCUT2D eigenvalue weighted by atomic mass is 32.2. The average molecular weight is 145 g/mol. The molecule has 2 N–H and O–H groups in total. The standard InChI is InChI=1S/C5H11N3S/c1-2-3-5-7-8(6)4-9-5/h2-4,6H2,1H3. The first-order valence-electron chi connectivity index (χ1n) is 3.05. The van der Waals surface area contributed by atoms with E-state index in [4.69, 9.17) is 5.84 Å². The van der Waals surface area contributed by atoms with Gasteiger partial charge in [0.15, 0.2) is 0 Å². The number of hydrazone groups is 1. The molecule has 0 aromatic heterocycles. The molecular weight excluding hydrogens is 134 g/mol. The Morgan fingerprint density at radius 1 is 1.89 bits per heavy atom. The molecule has 1 aliphatic heterocycles. The Kier molecular flexibility index (Phi) is 2.36. The fourth-order valence-electron chi connectivity index (χ4n) is 0.678. The maximum atomic E-state index is 5.38. The van der Waals surface area contributed by atoms with Crippen LogP contribution in [0.15, 0.2) is 5.10 Å². The molecule has 0 bridgehead atoms. The summed E-state index contributed by atoms with van der Waals surface area (Å²) in [5.74, 6) is 6.20. The SMILES string of the molecule is CCCC1=NN(N)CS1. The summed E-state index contributed by atoms with van der Waals surface area (Å²) in [6.07, 6.45) is 2.22. The third kappa shape index (κ3) is 1.87. The van der Waals surface area contributed by atoms with Crippen molar-refractivity contribution in [2.75, 3.05) is 5.88 Å². The summed E-state index contributed by atoms with van der Waals surface area (Å²) in [6, 6.07) is 0. The highest BCUT2D eigenvalue weighted by Crippen LogP contribution is 2.16. The number of hydrogen-bond donors (Lipinski definition) is 1. The molecule has 9 heavy (non-hydrogen) atoms. The fourth-order valence-corrected chi connectivity index (χ4v) is 1.53. The Labute approximate surface area is 59.3 Å². The highest BCUT2D eigenvalue weighted by molar-refractivity contribution is 8.14. The Morgan fingerprint density at radius 3 is 3.11 bits per heavy atom. The quantitative estimate of drug-likeness (QED) is 0.589. The Hall–Kier alpha value is -0.220. The molecule has 0 amide bonds. The molecule has 0 saturated heterocycles. The van der Waals surface area contributed by atoms with Gasteiger partial charge in [0.25, 0.3) is 0 Å². The van der Waals surface area contributed by atoms with Crippen LogP contribution in [0.5, 0.6) is 0 Å². The van der Waals surface area contributed by atoms with Crippen molar-refractivity contribution in [1.29, 1.82) is 0 Å². The molecule has 0 aromatic carbocycles. The zero-order valence-electron chi connectivity index (χ0n) is 5.50. The topological polar surface area (TPSA) is 41.6 Å². The van der Waals surface area contributed by atoms with E-state index >= 15 is 0 Å². The fraction of sp³-hybridized carbons (Fsp3) is 0.800. The minimum absolute atomic E-state index is 0.815. The van der Waals surface area contributed by atoms with Crippen LogP contribution in [0.1, 0.15) is 19.8 Å². The molecular formula is C5H11N3S. The normalized spacial score (nSPS) is 18.4. The third-order valence-corrected chi connectivity index (χ3v) is 2.08. The summed E-state index contributed by atoms with van der Waals surface area (Å²) >= 11 is 1.73. The molecule has 0 atom stereocenters. The van der Waals surface area contributed by atoms with E-state index in [1.165, 1.54) is 10.2 Å². The molecule has 0 aromatic rings. The van der Waals surface area contributed by atoms with Crippen molar-refractivity contribution in [2.45, 2.75) is 19.8 Å². The number of nitrogens with zero attached hydrogens (tertiary/aromatic N) is 2. The Morgan fingerprint density at radius 2 is 2.67 bits per heavy atom. The van der Waals surface area contributed by atoms with E-state index in [2.05, 4.69) is 12.0 Å². The minimum Gasteiger partial charge on any atom is -0.230 e. The lowest BCUT2D eigenvalue weighted by Crippen LogP contribution is -2.20. The summed E-state index contributed by atoms with van der Waals surface area (Å²) in [6.45, 7) is 2.14. The van der Waals surface area contributed by atoms with Crippen molar-refractivity contribution in [3.05, 3.63) is 0 Å². The van der Waals surface area contributed by atoms with Gasteiger partial charge in [-0.3, -0.25) is 0 Å². The van der Waals surface area contributed by atoms with Crippen LogP contribution in [-0.2, 0) is 0 Å². The van der Waals surface area contributed by atoms with Crippen molar-refractivity contribution in [3.8, 4) is 0 Å². The van der Waals surface area contributed by atoms with Gasteiger partial charge >= 0.3 is 0 Å². The monoisotopic (exact) mass is 145 g/mol. The van der Waals surface area contributed by atoms with E-state index in [1.54, 1.807) is 11.8 Å². The Bertz CT molecular complexity index is 123. The molecule has 52 valence electrons. The second-order valence-electron chi connectivity index (χ2n) is 1.96. The Balaban J connectivity index is 2.33. The van der Waals surface area contributed by atoms with E-state index in [9.17, 15) is 0 Å². The molecule has 3 nitrogen and oxygen atoms in total. The predicted molar refractivity (Wildman–Crippen MR) is 40.8 cm³/mol. The maximum absolute atomic E-state index is 5.38. The molecule has 0 aliphatic carbocycles. The second-order valence-corrected chi connectivity index (χ2v) is 2.97. The van der Waals surface area contributed by atoms with Crippen LogP contribution >= 0.6 is 11.8 Å². The average Bonchev–Trinajstić information content (AvgIpc) is 2.17. The number of thioether (sulfide) groups is 1. The summed E-state index contributed by atoms with van der Waals surface area (Å²) in [7, 11) is 0. The predicted octanol–water partition coefficient (Wildman–Crippen LogP) is 0.980. The van der Waals surface area contributed by atoms with Gasteiger partial charge in [0, 0.05) is 0 Å². The van der Waals surface area contributed by atoms with Gasteiger partial charge < -0.3 is 0 Å². The van der Waals surface area contributed by atoms with E-state index in [0.29, 0.717) is 0 Å². The first-order chi connectivity index (χ1) is 4.33. The lowest BCUT2D eigenvalue weighted by Gasteiger charge is -1.98. The van der Waals surface area contributed by atoms with Crippen molar-refractivity contribution in [3.63, 3.8) is 0 Å². The first-order valence-corrected chi connectivity index (χ1v) is 4.04. The summed E-state index contributed by atoms with van der Waals surface area (Å²) < 4.78 is 0. The molecule has 1 heterocycles. The van der Waals surface area contributed by atoms with Crippen molar-refractivity contribution in [2.24, 2.45) is 10.9 Å². The van der Waals surface area contributed by atoms with Gasteiger partial charge in [-0.1, -0.05) is 18.7 Å². The molecule has 1 rings (SSSR count). The van der Waals surface area contributed by atoms with Crippen LogP contribution in [0.2, 0.25) is 0 Å². The lowest BCUT2D eigenvalue weighted by molar-refractivity contribution is 0.363. The van der Waals surface area contributed by atoms with Crippen molar-refractivity contribution in [1.82, 2.24) is 5.12 Å². The van der Waals surface area contributed by atoms with Gasteiger partial charge in [-0.2, -0.15) is 5.10 Å². The van der Waals surface area contributed by atoms with Crippen LogP contribution in [0, 0.1) is 0 Å². The summed E-state index contributed by atoms with van der Waals surface area (Å²) in [4.78, 5) is 0. The summed E-state index contributed by atoms with van der Waals surface area (Å²) in [5, 5.41) is 6.72. The molecule has 0 unspecified atom stereocenters. The molecule has 1 aliphatic rings. The molecule has 4 heteroatoms. The zero-order chi connectivity index (χ0) is 6.69. The van der Waals surface area contributed by atoms with Crippen molar-refractivity contribution < 1.29 is 0 Å². The van der Waals surface area contributed by atoms with Crippen LogP contribution < -0.4 is 5.84 Å². The summed E-state index contributed by atoms with van der Waals surface area (Å²) in [5.41, 5.74) is 0. The molecule has 0 saturated carbocycles. The van der Waals surface area contributed by atoms with Gasteiger partial charge in [0.2, 0.25) is 0 Å². The second kappa shape index (κ2) is 3.08. The zero-order valence-corrected chi connectivity index (χ0v) is 6.32. The largest absolute Gasteiger partial charge is 0.230 e.